The van der Waals surface area contributed by atoms with Gasteiger partial charge in [0.2, 0.25) is 10.0 Å². The van der Waals surface area contributed by atoms with Gasteiger partial charge in [-0.15, -0.1) is 0 Å². The van der Waals surface area contributed by atoms with E-state index in [0.29, 0.717) is 12.3 Å². The first-order chi connectivity index (χ1) is 9.69. The molecule has 1 heterocycles. The second-order valence-electron chi connectivity index (χ2n) is 5.49. The number of nitrogens with two attached hydrogens (primary N) is 1. The maximum absolute atomic E-state index is 14.2. The highest BCUT2D eigenvalue weighted by atomic mass is 32.2. The molecule has 0 aromatic heterocycles. The number of nitrogens with zero attached hydrogens (tertiary/aromatic N) is 1. The Morgan fingerprint density at radius 1 is 1.38 bits per heavy atom. The van der Waals surface area contributed by atoms with E-state index in [9.17, 15) is 17.2 Å². The van der Waals surface area contributed by atoms with E-state index < -0.39 is 32.1 Å². The molecule has 2 N–H and O–H groups in total. The minimum Gasteiger partial charge on any atom is -0.326 e. The van der Waals surface area contributed by atoms with Crippen molar-refractivity contribution in [1.29, 1.82) is 0 Å². The zero-order valence-electron chi connectivity index (χ0n) is 11.9. The summed E-state index contributed by atoms with van der Waals surface area (Å²) in [5.74, 6) is -1.28. The molecule has 1 aliphatic heterocycles. The molecule has 1 aromatic carbocycles. The van der Waals surface area contributed by atoms with Crippen LogP contribution in [0.5, 0.6) is 0 Å². The van der Waals surface area contributed by atoms with Crippen LogP contribution in [0.1, 0.15) is 19.4 Å². The SMILES string of the molecule is CC1(C)CN(S(=O)(=O)c2ccc(F)c(CN)c2F)CCS1. The van der Waals surface area contributed by atoms with Crippen molar-refractivity contribution in [3.05, 3.63) is 29.3 Å². The Balaban J connectivity index is 2.45. The molecule has 0 aliphatic carbocycles. The lowest BCUT2D eigenvalue weighted by Crippen LogP contribution is -2.46. The van der Waals surface area contributed by atoms with E-state index in [2.05, 4.69) is 0 Å². The number of halogens is 2. The first-order valence-electron chi connectivity index (χ1n) is 6.50. The van der Waals surface area contributed by atoms with E-state index in [1.165, 1.54) is 4.31 Å². The summed E-state index contributed by atoms with van der Waals surface area (Å²) in [7, 11) is -3.99. The molecule has 0 radical (unpaired) electrons. The predicted molar refractivity (Wildman–Crippen MR) is 79.5 cm³/mol. The maximum Gasteiger partial charge on any atom is 0.246 e. The van der Waals surface area contributed by atoms with Crippen LogP contribution in [-0.2, 0) is 16.6 Å². The van der Waals surface area contributed by atoms with Crippen LogP contribution in [-0.4, -0.2) is 36.3 Å². The molecule has 2 rings (SSSR count). The molecule has 21 heavy (non-hydrogen) atoms. The standard InChI is InChI=1S/C13H18F2N2O2S2/c1-13(2)8-17(5-6-20-13)21(18,19)11-4-3-10(14)9(7-16)12(11)15/h3-4H,5-8,16H2,1-2H3. The van der Waals surface area contributed by atoms with Crippen molar-refractivity contribution in [2.24, 2.45) is 5.73 Å². The molecule has 0 unspecified atom stereocenters. The molecule has 118 valence electrons. The summed E-state index contributed by atoms with van der Waals surface area (Å²) in [5, 5.41) is 0. The third-order valence-corrected chi connectivity index (χ3v) is 6.52. The molecular weight excluding hydrogens is 318 g/mol. The van der Waals surface area contributed by atoms with E-state index in [4.69, 9.17) is 5.73 Å². The third-order valence-electron chi connectivity index (χ3n) is 3.36. The Kier molecular flexibility index (Phi) is 4.63. The molecule has 0 atom stereocenters. The lowest BCUT2D eigenvalue weighted by Gasteiger charge is -2.36. The molecule has 1 aliphatic rings. The highest BCUT2D eigenvalue weighted by Crippen LogP contribution is 2.33. The summed E-state index contributed by atoms with van der Waals surface area (Å²) in [4.78, 5) is -0.507. The second kappa shape index (κ2) is 5.83. The first kappa shape index (κ1) is 16.7. The maximum atomic E-state index is 14.2. The fourth-order valence-electron chi connectivity index (χ4n) is 2.28. The molecule has 8 heteroatoms. The van der Waals surface area contributed by atoms with Crippen molar-refractivity contribution >= 4 is 21.8 Å². The lowest BCUT2D eigenvalue weighted by atomic mass is 10.2. The Morgan fingerprint density at radius 3 is 2.62 bits per heavy atom. The van der Waals surface area contributed by atoms with Gasteiger partial charge in [-0.1, -0.05) is 0 Å². The van der Waals surface area contributed by atoms with Gasteiger partial charge in [-0.2, -0.15) is 16.1 Å². The van der Waals surface area contributed by atoms with Crippen molar-refractivity contribution in [3.8, 4) is 0 Å². The van der Waals surface area contributed by atoms with Gasteiger partial charge in [0, 0.05) is 35.7 Å². The van der Waals surface area contributed by atoms with Gasteiger partial charge in [0.25, 0.3) is 0 Å². The van der Waals surface area contributed by atoms with Gasteiger partial charge >= 0.3 is 0 Å². The topological polar surface area (TPSA) is 63.4 Å². The quantitative estimate of drug-likeness (QED) is 0.916. The monoisotopic (exact) mass is 336 g/mol. The number of hydrogen-bond acceptors (Lipinski definition) is 4. The molecule has 4 nitrogen and oxygen atoms in total. The molecule has 0 amide bonds. The largest absolute Gasteiger partial charge is 0.326 e. The number of benzene rings is 1. The Hall–Kier alpha value is -0.700. The van der Waals surface area contributed by atoms with Crippen molar-refractivity contribution in [3.63, 3.8) is 0 Å². The Bertz CT molecular complexity index is 648. The lowest BCUT2D eigenvalue weighted by molar-refractivity contribution is 0.384. The van der Waals surface area contributed by atoms with Gasteiger partial charge in [0.1, 0.15) is 10.7 Å². The van der Waals surface area contributed by atoms with Crippen molar-refractivity contribution in [2.45, 2.75) is 30.0 Å². The van der Waals surface area contributed by atoms with E-state index in [1.807, 2.05) is 13.8 Å². The summed E-state index contributed by atoms with van der Waals surface area (Å²) in [6.45, 7) is 4.08. The molecule has 0 saturated carbocycles. The average Bonchev–Trinajstić information content (AvgIpc) is 2.37. The van der Waals surface area contributed by atoms with Crippen LogP contribution in [0.2, 0.25) is 0 Å². The summed E-state index contributed by atoms with van der Waals surface area (Å²) in [6.07, 6.45) is 0. The van der Waals surface area contributed by atoms with Gasteiger partial charge in [0.05, 0.1) is 0 Å². The predicted octanol–water partition coefficient (Wildman–Crippen LogP) is 1.94. The summed E-state index contributed by atoms with van der Waals surface area (Å²) < 4.78 is 53.9. The minimum atomic E-state index is -3.99. The highest BCUT2D eigenvalue weighted by molar-refractivity contribution is 8.00. The summed E-state index contributed by atoms with van der Waals surface area (Å²) in [6, 6.07) is 1.91. The molecule has 1 fully saturated rings. The second-order valence-corrected chi connectivity index (χ2v) is 9.20. The smallest absolute Gasteiger partial charge is 0.246 e. The minimum absolute atomic E-state index is 0.238. The van der Waals surface area contributed by atoms with E-state index >= 15 is 0 Å². The number of sulfonamides is 1. The Morgan fingerprint density at radius 2 is 2.05 bits per heavy atom. The van der Waals surface area contributed by atoms with E-state index in [1.54, 1.807) is 11.8 Å². The van der Waals surface area contributed by atoms with Crippen molar-refractivity contribution in [2.75, 3.05) is 18.8 Å². The van der Waals surface area contributed by atoms with Crippen LogP contribution >= 0.6 is 11.8 Å². The van der Waals surface area contributed by atoms with Crippen molar-refractivity contribution in [1.82, 2.24) is 4.31 Å². The average molecular weight is 336 g/mol. The first-order valence-corrected chi connectivity index (χ1v) is 8.92. The fourth-order valence-corrected chi connectivity index (χ4v) is 5.28. The third kappa shape index (κ3) is 3.23. The molecule has 0 bridgehead atoms. The van der Waals surface area contributed by atoms with Crippen LogP contribution in [0.3, 0.4) is 0 Å². The van der Waals surface area contributed by atoms with Crippen LogP contribution in [0.4, 0.5) is 8.78 Å². The zero-order chi connectivity index (χ0) is 15.8. The normalized spacial score (nSPS) is 19.7. The van der Waals surface area contributed by atoms with Crippen LogP contribution < -0.4 is 5.73 Å². The molecule has 1 saturated heterocycles. The van der Waals surface area contributed by atoms with Gasteiger partial charge in [-0.3, -0.25) is 0 Å². The van der Waals surface area contributed by atoms with Crippen LogP contribution in [0, 0.1) is 11.6 Å². The Labute approximate surface area is 127 Å². The number of hydrogen-bond donors (Lipinski definition) is 1. The molecular formula is C13H18F2N2O2S2. The summed E-state index contributed by atoms with van der Waals surface area (Å²) in [5.41, 5.74) is 4.89. The van der Waals surface area contributed by atoms with Gasteiger partial charge in [0.15, 0.2) is 5.82 Å². The van der Waals surface area contributed by atoms with Crippen LogP contribution in [0.25, 0.3) is 0 Å². The highest BCUT2D eigenvalue weighted by Gasteiger charge is 2.36. The fraction of sp³-hybridized carbons (Fsp3) is 0.538. The van der Waals surface area contributed by atoms with Crippen molar-refractivity contribution < 1.29 is 17.2 Å². The summed E-state index contributed by atoms with van der Waals surface area (Å²) >= 11 is 1.67. The molecule has 1 aromatic rings. The van der Waals surface area contributed by atoms with Gasteiger partial charge in [-0.25, -0.2) is 17.2 Å². The number of rotatable bonds is 3. The van der Waals surface area contributed by atoms with Gasteiger partial charge in [-0.05, 0) is 26.0 Å². The number of thioether (sulfide) groups is 1. The van der Waals surface area contributed by atoms with Crippen LogP contribution in [0.15, 0.2) is 17.0 Å². The van der Waals surface area contributed by atoms with Gasteiger partial charge < -0.3 is 5.73 Å². The van der Waals surface area contributed by atoms with E-state index in [0.717, 1.165) is 12.1 Å². The molecule has 0 spiro atoms. The zero-order valence-corrected chi connectivity index (χ0v) is 13.5. The van der Waals surface area contributed by atoms with E-state index in [-0.39, 0.29) is 17.8 Å².